The fraction of sp³-hybridized carbons (Fsp3) is 0.0690. The van der Waals surface area contributed by atoms with Gasteiger partial charge in [-0.2, -0.15) is 0 Å². The number of fused-ring (bicyclic) bond motifs is 12. The molecular formula is C58H39N3. The maximum absolute atomic E-state index is 5.87. The minimum Gasteiger partial charge on any atom is -0.292 e. The van der Waals surface area contributed by atoms with Crippen molar-refractivity contribution in [2.45, 2.75) is 24.7 Å². The van der Waals surface area contributed by atoms with Gasteiger partial charge in [0.15, 0.2) is 5.82 Å². The molecular weight excluding hydrogens is 739 g/mol. The Kier molecular flexibility index (Phi) is 6.99. The molecule has 0 amide bonds. The molecule has 2 aliphatic rings. The van der Waals surface area contributed by atoms with E-state index in [0.717, 1.165) is 45.1 Å². The van der Waals surface area contributed by atoms with Crippen molar-refractivity contribution in [2.24, 2.45) is 0 Å². The van der Waals surface area contributed by atoms with Gasteiger partial charge in [-0.15, -0.1) is 0 Å². The lowest BCUT2D eigenvalue weighted by molar-refractivity contribution is 0.635. The van der Waals surface area contributed by atoms with Crippen molar-refractivity contribution in [1.82, 2.24) is 14.5 Å². The summed E-state index contributed by atoms with van der Waals surface area (Å²) in [4.78, 5) is 11.7. The molecule has 3 heteroatoms. The van der Waals surface area contributed by atoms with Crippen LogP contribution in [0.3, 0.4) is 0 Å². The van der Waals surface area contributed by atoms with Crippen LogP contribution < -0.4 is 0 Å². The minimum atomic E-state index is -0.547. The highest BCUT2D eigenvalue weighted by molar-refractivity contribution is 6.23. The molecule has 0 spiro atoms. The largest absolute Gasteiger partial charge is 0.292 e. The molecule has 0 bridgehead atoms. The molecule has 0 saturated carbocycles. The monoisotopic (exact) mass is 777 g/mol. The summed E-state index contributed by atoms with van der Waals surface area (Å²) in [5.74, 6) is 0.831. The van der Waals surface area contributed by atoms with Crippen molar-refractivity contribution in [3.63, 3.8) is 0 Å². The van der Waals surface area contributed by atoms with E-state index >= 15 is 0 Å². The maximum Gasteiger partial charge on any atom is 0.165 e. The minimum absolute atomic E-state index is 0.343. The summed E-state index contributed by atoms with van der Waals surface area (Å²) in [5.41, 5.74) is 15.1. The van der Waals surface area contributed by atoms with Gasteiger partial charge in [-0.1, -0.05) is 190 Å². The van der Waals surface area contributed by atoms with Crippen LogP contribution >= 0.6 is 0 Å². The summed E-state index contributed by atoms with van der Waals surface area (Å²) in [7, 11) is 0. The summed E-state index contributed by atoms with van der Waals surface area (Å²) in [6.45, 7) is 4.59. The standard InChI is InChI=1S/C58H39N3/c1-57(2)47-27-15-14-26-45(47)54-55(57)59-53(56(60-54)61-50-32-30-36-17-11-12-24-42(36)52(50)46-33-37-18-9-10-19-38(37)35-51(46)61)39-29-31-44-43-25-13-16-28-48(43)58(49(44)34-39,40-20-5-3-6-21-40)41-22-7-4-8-23-41/h3-35H,1-2H3. The molecule has 0 aliphatic heterocycles. The van der Waals surface area contributed by atoms with E-state index < -0.39 is 5.41 Å². The van der Waals surface area contributed by atoms with Crippen molar-refractivity contribution in [3.05, 3.63) is 234 Å². The third kappa shape index (κ3) is 4.58. The highest BCUT2D eigenvalue weighted by atomic mass is 15.1. The van der Waals surface area contributed by atoms with E-state index in [1.54, 1.807) is 0 Å². The molecule has 286 valence electrons. The molecule has 2 heterocycles. The third-order valence-corrected chi connectivity index (χ3v) is 13.8. The second-order valence-electron chi connectivity index (χ2n) is 17.3. The summed E-state index contributed by atoms with van der Waals surface area (Å²) < 4.78 is 2.41. The second-order valence-corrected chi connectivity index (χ2v) is 17.3. The van der Waals surface area contributed by atoms with Gasteiger partial charge < -0.3 is 0 Å². The van der Waals surface area contributed by atoms with Crippen LogP contribution in [0.5, 0.6) is 0 Å². The maximum atomic E-state index is 5.87. The van der Waals surface area contributed by atoms with Crippen molar-refractivity contribution in [2.75, 3.05) is 0 Å². The van der Waals surface area contributed by atoms with Crippen molar-refractivity contribution in [3.8, 4) is 39.5 Å². The van der Waals surface area contributed by atoms with Crippen LogP contribution in [0.15, 0.2) is 200 Å². The van der Waals surface area contributed by atoms with Gasteiger partial charge in [0.1, 0.15) is 5.69 Å². The molecule has 0 radical (unpaired) electrons. The van der Waals surface area contributed by atoms with Crippen LogP contribution in [0, 0.1) is 0 Å². The Bertz CT molecular complexity index is 3580. The zero-order chi connectivity index (χ0) is 40.5. The quantitative estimate of drug-likeness (QED) is 0.178. The predicted molar refractivity (Wildman–Crippen MR) is 252 cm³/mol. The van der Waals surface area contributed by atoms with E-state index in [9.17, 15) is 0 Å². The Morgan fingerprint density at radius 1 is 0.410 bits per heavy atom. The predicted octanol–water partition coefficient (Wildman–Crippen LogP) is 14.2. The van der Waals surface area contributed by atoms with Gasteiger partial charge in [-0.3, -0.25) is 4.57 Å². The van der Waals surface area contributed by atoms with E-state index in [-0.39, 0.29) is 5.41 Å². The number of hydrogen-bond donors (Lipinski definition) is 0. The van der Waals surface area contributed by atoms with Crippen molar-refractivity contribution in [1.29, 1.82) is 0 Å². The lowest BCUT2D eigenvalue weighted by Gasteiger charge is -2.34. The van der Waals surface area contributed by atoms with Crippen molar-refractivity contribution >= 4 is 43.4 Å². The van der Waals surface area contributed by atoms with E-state index in [2.05, 4.69) is 219 Å². The first-order chi connectivity index (χ1) is 30.0. The van der Waals surface area contributed by atoms with E-state index in [1.807, 2.05) is 0 Å². The number of hydrogen-bond acceptors (Lipinski definition) is 2. The molecule has 13 rings (SSSR count). The zero-order valence-electron chi connectivity index (χ0n) is 33.9. The van der Waals surface area contributed by atoms with E-state index in [1.165, 1.54) is 71.3 Å². The summed E-state index contributed by atoms with van der Waals surface area (Å²) in [6, 6.07) is 73.5. The second kappa shape index (κ2) is 12.5. The topological polar surface area (TPSA) is 30.7 Å². The van der Waals surface area contributed by atoms with Gasteiger partial charge >= 0.3 is 0 Å². The van der Waals surface area contributed by atoms with Crippen LogP contribution in [0.1, 0.15) is 47.4 Å². The van der Waals surface area contributed by atoms with E-state index in [4.69, 9.17) is 9.97 Å². The van der Waals surface area contributed by atoms with Gasteiger partial charge in [-0.05, 0) is 84.8 Å². The summed E-state index contributed by atoms with van der Waals surface area (Å²) in [5, 5.41) is 7.28. The molecule has 11 aromatic rings. The zero-order valence-corrected chi connectivity index (χ0v) is 33.9. The Morgan fingerprint density at radius 2 is 1.02 bits per heavy atom. The third-order valence-electron chi connectivity index (χ3n) is 13.8. The molecule has 0 N–H and O–H groups in total. The first-order valence-corrected chi connectivity index (χ1v) is 21.2. The molecule has 0 fully saturated rings. The highest BCUT2D eigenvalue weighted by Crippen LogP contribution is 2.57. The van der Waals surface area contributed by atoms with Gasteiger partial charge in [0.25, 0.3) is 0 Å². The molecule has 0 saturated heterocycles. The van der Waals surface area contributed by atoms with Gasteiger partial charge in [0, 0.05) is 27.3 Å². The fourth-order valence-electron chi connectivity index (χ4n) is 11.1. The normalized spacial score (nSPS) is 14.3. The molecule has 2 aromatic heterocycles. The van der Waals surface area contributed by atoms with E-state index in [0.29, 0.717) is 0 Å². The van der Waals surface area contributed by atoms with Crippen LogP contribution in [0.2, 0.25) is 0 Å². The average molecular weight is 778 g/mol. The van der Waals surface area contributed by atoms with Crippen LogP contribution in [-0.2, 0) is 10.8 Å². The number of benzene rings is 9. The Balaban J connectivity index is 1.18. The molecule has 2 aliphatic carbocycles. The summed E-state index contributed by atoms with van der Waals surface area (Å²) >= 11 is 0. The van der Waals surface area contributed by atoms with Gasteiger partial charge in [0.05, 0.1) is 27.8 Å². The Labute approximate surface area is 354 Å². The van der Waals surface area contributed by atoms with Crippen LogP contribution in [0.4, 0.5) is 0 Å². The number of nitrogens with zero attached hydrogens (tertiary/aromatic N) is 3. The Hall–Kier alpha value is -7.62. The molecule has 0 atom stereocenters. The first-order valence-electron chi connectivity index (χ1n) is 21.2. The SMILES string of the molecule is CC1(C)c2ccccc2-c2nc(-n3c4cc5ccccc5cc4c4c5ccccc5ccc43)c(-c3ccc4c(c3)C(c3ccccc3)(c3ccccc3)c3ccccc3-4)nc21. The van der Waals surface area contributed by atoms with Crippen LogP contribution in [0.25, 0.3) is 82.8 Å². The molecule has 0 unspecified atom stereocenters. The molecule has 9 aromatic carbocycles. The molecule has 61 heavy (non-hydrogen) atoms. The fourth-order valence-corrected chi connectivity index (χ4v) is 11.1. The Morgan fingerprint density at radius 3 is 1.77 bits per heavy atom. The number of aromatic nitrogens is 3. The first kappa shape index (κ1) is 34.3. The highest BCUT2D eigenvalue weighted by Gasteiger charge is 2.46. The lowest BCUT2D eigenvalue weighted by Crippen LogP contribution is -2.28. The van der Waals surface area contributed by atoms with Crippen LogP contribution in [-0.4, -0.2) is 14.5 Å². The van der Waals surface area contributed by atoms with Crippen molar-refractivity contribution < 1.29 is 0 Å². The summed E-state index contributed by atoms with van der Waals surface area (Å²) in [6.07, 6.45) is 0. The average Bonchev–Trinajstić information content (AvgIpc) is 3.88. The van der Waals surface area contributed by atoms with Gasteiger partial charge in [-0.25, -0.2) is 9.97 Å². The lowest BCUT2D eigenvalue weighted by atomic mass is 9.67. The number of rotatable bonds is 4. The smallest absolute Gasteiger partial charge is 0.165 e. The molecule has 3 nitrogen and oxygen atoms in total. The van der Waals surface area contributed by atoms with Gasteiger partial charge in [0.2, 0.25) is 0 Å².